The van der Waals surface area contributed by atoms with Gasteiger partial charge in [0.2, 0.25) is 5.82 Å². The highest BCUT2D eigenvalue weighted by Crippen LogP contribution is 2.44. The Morgan fingerprint density at radius 2 is 1.23 bits per heavy atom. The normalized spacial score (nSPS) is 18.4. The molecule has 3 aromatic rings. The Morgan fingerprint density at radius 1 is 0.615 bits per heavy atom. The molecule has 0 saturated heterocycles. The lowest BCUT2D eigenvalue weighted by molar-refractivity contribution is 0.251. The quantitative estimate of drug-likeness (QED) is 0.201. The lowest BCUT2D eigenvalue weighted by Gasteiger charge is -2.28. The zero-order valence-corrected chi connectivity index (χ0v) is 22.6. The molecular weight excluding hydrogens is 507 g/mol. The highest BCUT2D eigenvalue weighted by atomic mass is 19.2. The van der Waals surface area contributed by atoms with Crippen LogP contribution in [0.4, 0.5) is 22.0 Å². The Balaban J connectivity index is 1.37. The predicted octanol–water partition coefficient (Wildman–Crippen LogP) is 10.2. The number of hydrogen-bond acceptors (Lipinski definition) is 1. The van der Waals surface area contributed by atoms with Crippen molar-refractivity contribution in [3.05, 3.63) is 81.7 Å². The monoisotopic (exact) mass is 542 g/mol. The van der Waals surface area contributed by atoms with E-state index >= 15 is 17.6 Å². The molecule has 0 aromatic heterocycles. The van der Waals surface area contributed by atoms with Gasteiger partial charge >= 0.3 is 0 Å². The molecule has 0 radical (unpaired) electrons. The summed E-state index contributed by atoms with van der Waals surface area (Å²) in [5.74, 6) is -4.72. The summed E-state index contributed by atoms with van der Waals surface area (Å²) in [6.07, 6.45) is 9.54. The number of benzene rings is 3. The molecule has 0 N–H and O–H groups in total. The Hall–Kier alpha value is -2.89. The van der Waals surface area contributed by atoms with Crippen molar-refractivity contribution in [2.75, 3.05) is 0 Å². The van der Waals surface area contributed by atoms with Crippen molar-refractivity contribution in [1.29, 1.82) is 0 Å². The molecule has 1 fully saturated rings. The molecule has 0 amide bonds. The summed E-state index contributed by atoms with van der Waals surface area (Å²) in [6, 6.07) is 7.45. The van der Waals surface area contributed by atoms with E-state index in [0.717, 1.165) is 31.6 Å². The molecule has 5 rings (SSSR count). The highest BCUT2D eigenvalue weighted by molar-refractivity contribution is 5.69. The summed E-state index contributed by atoms with van der Waals surface area (Å²) in [5, 5.41) is 0. The van der Waals surface area contributed by atoms with E-state index in [1.165, 1.54) is 43.9 Å². The van der Waals surface area contributed by atoms with E-state index in [9.17, 15) is 4.39 Å². The summed E-state index contributed by atoms with van der Waals surface area (Å²) in [4.78, 5) is 0. The molecule has 6 heteroatoms. The van der Waals surface area contributed by atoms with Crippen LogP contribution < -0.4 is 4.74 Å². The van der Waals surface area contributed by atoms with Crippen molar-refractivity contribution in [1.82, 2.24) is 0 Å². The second kappa shape index (κ2) is 11.7. The molecule has 0 unspecified atom stereocenters. The maximum absolute atomic E-state index is 15.3. The van der Waals surface area contributed by atoms with E-state index in [2.05, 4.69) is 6.92 Å². The average molecular weight is 543 g/mol. The summed E-state index contributed by atoms with van der Waals surface area (Å²) in [7, 11) is 0. The highest BCUT2D eigenvalue weighted by Gasteiger charge is 2.30. The lowest BCUT2D eigenvalue weighted by atomic mass is 9.78. The van der Waals surface area contributed by atoms with Gasteiger partial charge in [0.05, 0.1) is 0 Å². The van der Waals surface area contributed by atoms with Crippen molar-refractivity contribution in [3.8, 4) is 22.6 Å². The van der Waals surface area contributed by atoms with Crippen LogP contribution >= 0.6 is 0 Å². The van der Waals surface area contributed by atoms with Crippen LogP contribution in [-0.4, -0.2) is 0 Å². The SMILES string of the molecule is CCCc1ccc2c(c1F)Oc1c(cc(-c3ccc(CCC4CCC(CCC)CC4)c(F)c3F)c(F)c1F)C2. The first-order chi connectivity index (χ1) is 18.8. The van der Waals surface area contributed by atoms with Crippen LogP contribution in [0.2, 0.25) is 0 Å². The molecule has 0 spiro atoms. The smallest absolute Gasteiger partial charge is 0.202 e. The van der Waals surface area contributed by atoms with Crippen LogP contribution in [-0.2, 0) is 19.3 Å². The van der Waals surface area contributed by atoms with Gasteiger partial charge in [-0.3, -0.25) is 0 Å². The minimum absolute atomic E-state index is 0.0842. The molecule has 2 aliphatic rings. The maximum Gasteiger partial charge on any atom is 0.202 e. The lowest BCUT2D eigenvalue weighted by Crippen LogP contribution is -2.15. The van der Waals surface area contributed by atoms with Crippen molar-refractivity contribution in [3.63, 3.8) is 0 Å². The summed E-state index contributed by atoms with van der Waals surface area (Å²) < 4.78 is 81.2. The molecule has 0 bridgehead atoms. The van der Waals surface area contributed by atoms with E-state index in [0.29, 0.717) is 29.9 Å². The number of aryl methyl sites for hydroxylation is 2. The molecule has 0 atom stereocenters. The van der Waals surface area contributed by atoms with Crippen LogP contribution in [0.25, 0.3) is 11.1 Å². The van der Waals surface area contributed by atoms with E-state index in [1.54, 1.807) is 12.1 Å². The first-order valence-corrected chi connectivity index (χ1v) is 14.3. The van der Waals surface area contributed by atoms with Gasteiger partial charge in [-0.25, -0.2) is 17.6 Å². The van der Waals surface area contributed by atoms with E-state index < -0.39 is 34.8 Å². The van der Waals surface area contributed by atoms with Gasteiger partial charge in [0, 0.05) is 28.7 Å². The van der Waals surface area contributed by atoms with Crippen LogP contribution in [0, 0.1) is 40.9 Å². The van der Waals surface area contributed by atoms with Gasteiger partial charge < -0.3 is 4.74 Å². The fourth-order valence-corrected chi connectivity index (χ4v) is 6.32. The van der Waals surface area contributed by atoms with Crippen molar-refractivity contribution < 1.29 is 26.7 Å². The van der Waals surface area contributed by atoms with Gasteiger partial charge in [-0.05, 0) is 48.3 Å². The summed E-state index contributed by atoms with van der Waals surface area (Å²) >= 11 is 0. The fourth-order valence-electron chi connectivity index (χ4n) is 6.32. The zero-order chi connectivity index (χ0) is 27.7. The number of ether oxygens (including phenoxy) is 1. The molecule has 1 saturated carbocycles. The fraction of sp³-hybridized carbons (Fsp3) is 0.455. The summed E-state index contributed by atoms with van der Waals surface area (Å²) in [5.41, 5.74) is 0.717. The Morgan fingerprint density at radius 3 is 1.92 bits per heavy atom. The van der Waals surface area contributed by atoms with E-state index in [-0.39, 0.29) is 34.4 Å². The van der Waals surface area contributed by atoms with Gasteiger partial charge in [0.25, 0.3) is 0 Å². The Bertz CT molecular complexity index is 1360. The Labute approximate surface area is 227 Å². The molecule has 1 aliphatic carbocycles. The van der Waals surface area contributed by atoms with Gasteiger partial charge in [0.15, 0.2) is 34.8 Å². The topological polar surface area (TPSA) is 9.23 Å². The van der Waals surface area contributed by atoms with Gasteiger partial charge in [-0.2, -0.15) is 4.39 Å². The molecule has 208 valence electrons. The van der Waals surface area contributed by atoms with E-state index in [1.807, 2.05) is 6.92 Å². The Kier molecular flexibility index (Phi) is 8.29. The minimum Gasteiger partial charge on any atom is -0.450 e. The third-order valence-electron chi connectivity index (χ3n) is 8.54. The molecule has 39 heavy (non-hydrogen) atoms. The third kappa shape index (κ3) is 5.44. The van der Waals surface area contributed by atoms with Crippen LogP contribution in [0.3, 0.4) is 0 Å². The second-order valence-corrected chi connectivity index (χ2v) is 11.2. The minimum atomic E-state index is -1.35. The second-order valence-electron chi connectivity index (χ2n) is 11.2. The zero-order valence-electron chi connectivity index (χ0n) is 22.6. The standard InChI is InChI=1S/C33H35F5O/c1-3-5-19-7-9-20(10-8-19)11-12-22-15-16-25(29(36)27(22)34)26-18-24-17-23-14-13-21(6-4-2)28(35)32(23)39-33(24)31(38)30(26)37/h13-16,18-20H,3-12,17H2,1-2H3. The molecular formula is C33H35F5O. The van der Waals surface area contributed by atoms with E-state index in [4.69, 9.17) is 4.74 Å². The average Bonchev–Trinajstić information content (AvgIpc) is 2.94. The number of fused-ring (bicyclic) bond motifs is 2. The van der Waals surface area contributed by atoms with Gasteiger partial charge in [-0.15, -0.1) is 0 Å². The molecule has 3 aromatic carbocycles. The van der Waals surface area contributed by atoms with Crippen molar-refractivity contribution >= 4 is 0 Å². The van der Waals surface area contributed by atoms with Crippen LogP contribution in [0.1, 0.15) is 87.5 Å². The maximum atomic E-state index is 15.3. The molecule has 1 aliphatic heterocycles. The van der Waals surface area contributed by atoms with Crippen molar-refractivity contribution in [2.45, 2.75) is 84.5 Å². The largest absolute Gasteiger partial charge is 0.450 e. The first kappa shape index (κ1) is 27.7. The number of halogens is 5. The number of hydrogen-bond donors (Lipinski definition) is 0. The molecule has 1 heterocycles. The van der Waals surface area contributed by atoms with Crippen LogP contribution in [0.5, 0.6) is 11.5 Å². The van der Waals surface area contributed by atoms with Crippen molar-refractivity contribution in [2.24, 2.45) is 11.8 Å². The first-order valence-electron chi connectivity index (χ1n) is 14.3. The van der Waals surface area contributed by atoms with Gasteiger partial charge in [-0.1, -0.05) is 83.1 Å². The number of rotatable bonds is 8. The van der Waals surface area contributed by atoms with Crippen LogP contribution in [0.15, 0.2) is 30.3 Å². The van der Waals surface area contributed by atoms with Gasteiger partial charge in [0.1, 0.15) is 0 Å². The summed E-state index contributed by atoms with van der Waals surface area (Å²) in [6.45, 7) is 4.12. The third-order valence-corrected chi connectivity index (χ3v) is 8.54. The molecule has 1 nitrogen and oxygen atoms in total. The predicted molar refractivity (Wildman–Crippen MR) is 144 cm³/mol.